The Bertz CT molecular complexity index is 1750. The summed E-state index contributed by atoms with van der Waals surface area (Å²) < 4.78 is 34.8. The van der Waals surface area contributed by atoms with Crippen LogP contribution in [-0.2, 0) is 32.6 Å². The molecule has 1 saturated carbocycles. The molecule has 0 spiro atoms. The smallest absolute Gasteiger partial charge is 0.264 e. The minimum Gasteiger partial charge on any atom is -0.497 e. The standard InChI is InChI=1S/C38H43N3O5S/c1-28-16-18-33(19-17-28)41(47(44,45)35-22-20-34(46-3)21-23-35)27-37(42)40(26-31-13-9-10-29(2)24-31)36(25-30-11-5-4-6-12-30)38(43)39-32-14-7-8-15-32/h4-6,9-13,16-24,32,36H,7-8,14-15,25-27H2,1-3H3,(H,39,43). The molecule has 0 bridgehead atoms. The van der Waals surface area contributed by atoms with Crippen molar-refractivity contribution in [3.8, 4) is 5.75 Å². The quantitative estimate of drug-likeness (QED) is 0.185. The zero-order valence-electron chi connectivity index (χ0n) is 27.3. The first-order chi connectivity index (χ1) is 22.6. The second kappa shape index (κ2) is 15.3. The predicted octanol–water partition coefficient (Wildman–Crippen LogP) is 6.21. The number of aryl methyl sites for hydroxylation is 2. The molecule has 4 aromatic rings. The van der Waals surface area contributed by atoms with Gasteiger partial charge in [-0.2, -0.15) is 0 Å². The number of nitrogens with zero attached hydrogens (tertiary/aromatic N) is 2. The molecule has 9 heteroatoms. The number of ether oxygens (including phenoxy) is 1. The molecule has 1 N–H and O–H groups in total. The molecule has 1 atom stereocenters. The van der Waals surface area contributed by atoms with E-state index in [1.807, 2.05) is 80.6 Å². The summed E-state index contributed by atoms with van der Waals surface area (Å²) in [5, 5.41) is 3.21. The van der Waals surface area contributed by atoms with Crippen molar-refractivity contribution >= 4 is 27.5 Å². The van der Waals surface area contributed by atoms with E-state index in [0.29, 0.717) is 11.4 Å². The highest BCUT2D eigenvalue weighted by atomic mass is 32.2. The van der Waals surface area contributed by atoms with E-state index in [4.69, 9.17) is 4.74 Å². The van der Waals surface area contributed by atoms with Gasteiger partial charge in [0.15, 0.2) is 0 Å². The molecular formula is C38H43N3O5S. The van der Waals surface area contributed by atoms with Gasteiger partial charge in [-0.3, -0.25) is 13.9 Å². The van der Waals surface area contributed by atoms with Crippen molar-refractivity contribution in [1.29, 1.82) is 0 Å². The van der Waals surface area contributed by atoms with E-state index in [1.165, 1.54) is 19.2 Å². The average Bonchev–Trinajstić information content (AvgIpc) is 3.59. The fraction of sp³-hybridized carbons (Fsp3) is 0.316. The van der Waals surface area contributed by atoms with Crippen LogP contribution in [-0.4, -0.2) is 50.9 Å². The Morgan fingerprint density at radius 2 is 1.49 bits per heavy atom. The van der Waals surface area contributed by atoms with Gasteiger partial charge in [0.2, 0.25) is 11.8 Å². The fourth-order valence-corrected chi connectivity index (χ4v) is 7.46. The van der Waals surface area contributed by atoms with E-state index in [0.717, 1.165) is 52.2 Å². The summed E-state index contributed by atoms with van der Waals surface area (Å²) in [7, 11) is -2.68. The van der Waals surface area contributed by atoms with Crippen LogP contribution in [0.5, 0.6) is 5.75 Å². The zero-order chi connectivity index (χ0) is 33.4. The second-order valence-electron chi connectivity index (χ2n) is 12.2. The molecule has 1 fully saturated rings. The first-order valence-electron chi connectivity index (χ1n) is 16.1. The van der Waals surface area contributed by atoms with Gasteiger partial charge in [0.25, 0.3) is 10.0 Å². The summed E-state index contributed by atoms with van der Waals surface area (Å²) in [5.41, 5.74) is 4.08. The second-order valence-corrected chi connectivity index (χ2v) is 14.1. The summed E-state index contributed by atoms with van der Waals surface area (Å²) in [4.78, 5) is 30.4. The van der Waals surface area contributed by atoms with Gasteiger partial charge in [-0.25, -0.2) is 8.42 Å². The lowest BCUT2D eigenvalue weighted by Crippen LogP contribution is -2.54. The van der Waals surface area contributed by atoms with E-state index in [2.05, 4.69) is 5.32 Å². The van der Waals surface area contributed by atoms with Crippen LogP contribution in [0.4, 0.5) is 5.69 Å². The van der Waals surface area contributed by atoms with Crippen molar-refractivity contribution in [3.63, 3.8) is 0 Å². The summed E-state index contributed by atoms with van der Waals surface area (Å²) in [6.45, 7) is 3.54. The Hall–Kier alpha value is -4.63. The monoisotopic (exact) mass is 653 g/mol. The van der Waals surface area contributed by atoms with Gasteiger partial charge in [0.05, 0.1) is 17.7 Å². The number of sulfonamides is 1. The van der Waals surface area contributed by atoms with E-state index < -0.39 is 28.5 Å². The third kappa shape index (κ3) is 8.60. The maximum atomic E-state index is 14.7. The van der Waals surface area contributed by atoms with Crippen LogP contribution >= 0.6 is 0 Å². The van der Waals surface area contributed by atoms with Crippen molar-refractivity contribution in [3.05, 3.63) is 125 Å². The van der Waals surface area contributed by atoms with Gasteiger partial charge in [-0.15, -0.1) is 0 Å². The molecule has 2 amide bonds. The summed E-state index contributed by atoms with van der Waals surface area (Å²) >= 11 is 0. The molecule has 0 radical (unpaired) electrons. The molecule has 8 nitrogen and oxygen atoms in total. The number of rotatable bonds is 13. The van der Waals surface area contributed by atoms with Gasteiger partial charge in [0, 0.05) is 19.0 Å². The molecule has 47 heavy (non-hydrogen) atoms. The Morgan fingerprint density at radius 1 is 0.830 bits per heavy atom. The Kier molecular flexibility index (Phi) is 11.0. The predicted molar refractivity (Wildman–Crippen MR) is 185 cm³/mol. The van der Waals surface area contributed by atoms with Crippen molar-refractivity contribution < 1.29 is 22.7 Å². The zero-order valence-corrected chi connectivity index (χ0v) is 28.1. The minimum absolute atomic E-state index is 0.0247. The minimum atomic E-state index is -4.19. The highest BCUT2D eigenvalue weighted by molar-refractivity contribution is 7.92. The maximum absolute atomic E-state index is 14.7. The number of nitrogens with one attached hydrogen (secondary N) is 1. The van der Waals surface area contributed by atoms with Crippen LogP contribution in [0.1, 0.15) is 47.9 Å². The molecule has 0 aliphatic heterocycles. The van der Waals surface area contributed by atoms with E-state index >= 15 is 0 Å². The number of carbonyl (C=O) groups is 2. The van der Waals surface area contributed by atoms with Gasteiger partial charge in [-0.1, -0.05) is 90.7 Å². The highest BCUT2D eigenvalue weighted by Crippen LogP contribution is 2.27. The normalized spacial score (nSPS) is 13.9. The topological polar surface area (TPSA) is 96.0 Å². The largest absolute Gasteiger partial charge is 0.497 e. The van der Waals surface area contributed by atoms with Crippen LogP contribution < -0.4 is 14.4 Å². The van der Waals surface area contributed by atoms with Gasteiger partial charge in [-0.05, 0) is 74.2 Å². The number of hydrogen-bond donors (Lipinski definition) is 1. The molecule has 1 aliphatic carbocycles. The number of amides is 2. The SMILES string of the molecule is COc1ccc(S(=O)(=O)N(CC(=O)N(Cc2cccc(C)c2)C(Cc2ccccc2)C(=O)NC2CCCC2)c2ccc(C)cc2)cc1. The molecule has 246 valence electrons. The Labute approximate surface area is 278 Å². The lowest BCUT2D eigenvalue weighted by Gasteiger charge is -2.34. The maximum Gasteiger partial charge on any atom is 0.264 e. The summed E-state index contributed by atoms with van der Waals surface area (Å²) in [6.07, 6.45) is 4.19. The number of hydrogen-bond acceptors (Lipinski definition) is 5. The molecular weight excluding hydrogens is 611 g/mol. The molecule has 1 unspecified atom stereocenters. The number of benzene rings is 4. The summed E-state index contributed by atoms with van der Waals surface area (Å²) in [6, 6.07) is 29.7. The summed E-state index contributed by atoms with van der Waals surface area (Å²) in [5.74, 6) is -0.198. The molecule has 4 aromatic carbocycles. The molecule has 5 rings (SSSR count). The highest BCUT2D eigenvalue weighted by Gasteiger charge is 2.35. The average molecular weight is 654 g/mol. The lowest BCUT2D eigenvalue weighted by molar-refractivity contribution is -0.140. The van der Waals surface area contributed by atoms with Crippen molar-refractivity contribution in [2.45, 2.75) is 69.5 Å². The number of anilines is 1. The van der Waals surface area contributed by atoms with Crippen molar-refractivity contribution in [2.24, 2.45) is 0 Å². The number of carbonyl (C=O) groups excluding carboxylic acids is 2. The molecule has 0 saturated heterocycles. The van der Waals surface area contributed by atoms with Crippen LogP contribution in [0.3, 0.4) is 0 Å². The van der Waals surface area contributed by atoms with Crippen LogP contribution in [0.2, 0.25) is 0 Å². The third-order valence-electron chi connectivity index (χ3n) is 8.66. The molecule has 0 heterocycles. The third-order valence-corrected chi connectivity index (χ3v) is 10.4. The van der Waals surface area contributed by atoms with Gasteiger partial charge >= 0.3 is 0 Å². The van der Waals surface area contributed by atoms with Crippen LogP contribution in [0.15, 0.2) is 108 Å². The van der Waals surface area contributed by atoms with E-state index in [-0.39, 0.29) is 29.8 Å². The van der Waals surface area contributed by atoms with Gasteiger partial charge < -0.3 is 15.0 Å². The Balaban J connectivity index is 1.56. The fourth-order valence-electron chi connectivity index (χ4n) is 6.04. The first-order valence-corrected chi connectivity index (χ1v) is 17.5. The first kappa shape index (κ1) is 33.7. The van der Waals surface area contributed by atoms with Crippen molar-refractivity contribution in [1.82, 2.24) is 10.2 Å². The van der Waals surface area contributed by atoms with Crippen LogP contribution in [0, 0.1) is 13.8 Å². The molecule has 1 aliphatic rings. The molecule has 0 aromatic heterocycles. The lowest BCUT2D eigenvalue weighted by atomic mass is 10.0. The van der Waals surface area contributed by atoms with E-state index in [9.17, 15) is 18.0 Å². The van der Waals surface area contributed by atoms with E-state index in [1.54, 1.807) is 29.2 Å². The van der Waals surface area contributed by atoms with Crippen LogP contribution in [0.25, 0.3) is 0 Å². The van der Waals surface area contributed by atoms with Gasteiger partial charge in [0.1, 0.15) is 18.3 Å². The number of methoxy groups -OCH3 is 1. The Morgan fingerprint density at radius 3 is 2.13 bits per heavy atom. The van der Waals surface area contributed by atoms with Crippen molar-refractivity contribution in [2.75, 3.05) is 18.0 Å².